The van der Waals surface area contributed by atoms with Crippen LogP contribution in [0.1, 0.15) is 35.7 Å². The van der Waals surface area contributed by atoms with Crippen molar-refractivity contribution in [2.45, 2.75) is 32.7 Å². The smallest absolute Gasteiger partial charge is 0.271 e. The largest absolute Gasteiger partial charge is 0.495 e. The van der Waals surface area contributed by atoms with Gasteiger partial charge in [0, 0.05) is 11.4 Å². The van der Waals surface area contributed by atoms with Crippen LogP contribution in [0, 0.1) is 6.92 Å². The van der Waals surface area contributed by atoms with Crippen LogP contribution in [0.2, 0.25) is 10.0 Å². The van der Waals surface area contributed by atoms with Gasteiger partial charge in [0.25, 0.3) is 11.8 Å². The molecule has 2 aromatic carbocycles. The molecule has 1 unspecified atom stereocenters. The van der Waals surface area contributed by atoms with E-state index in [4.69, 9.17) is 27.9 Å². The fourth-order valence-corrected chi connectivity index (χ4v) is 3.87. The van der Waals surface area contributed by atoms with Crippen LogP contribution in [0.4, 0.5) is 5.69 Å². The first kappa shape index (κ1) is 23.6. The van der Waals surface area contributed by atoms with Crippen molar-refractivity contribution in [3.05, 3.63) is 57.6 Å². The van der Waals surface area contributed by atoms with E-state index >= 15 is 0 Å². The highest BCUT2D eigenvalue weighted by Crippen LogP contribution is 2.34. The summed E-state index contributed by atoms with van der Waals surface area (Å²) in [5.41, 5.74) is 3.60. The third kappa shape index (κ3) is 4.56. The average Bonchev–Trinajstić information content (AvgIpc) is 3.04. The van der Waals surface area contributed by atoms with Gasteiger partial charge >= 0.3 is 0 Å². The number of imide groups is 1. The fourth-order valence-electron chi connectivity index (χ4n) is 3.37. The molecule has 1 heterocycles. The molecule has 1 N–H and O–H groups in total. The van der Waals surface area contributed by atoms with E-state index in [9.17, 15) is 19.2 Å². The number of ether oxygens (including phenoxy) is 1. The van der Waals surface area contributed by atoms with E-state index in [2.05, 4.69) is 5.43 Å². The van der Waals surface area contributed by atoms with Gasteiger partial charge in [0.05, 0.1) is 29.8 Å². The Morgan fingerprint density at radius 2 is 1.91 bits per heavy atom. The molecule has 0 bridgehead atoms. The molecule has 1 atom stereocenters. The first-order valence-corrected chi connectivity index (χ1v) is 10.5. The monoisotopic (exact) mass is 477 g/mol. The fraction of sp³-hybridized carbons (Fsp3) is 0.273. The molecule has 0 saturated carbocycles. The van der Waals surface area contributed by atoms with E-state index in [1.807, 2.05) is 6.92 Å². The Bertz CT molecular complexity index is 1100. The van der Waals surface area contributed by atoms with Crippen molar-refractivity contribution in [3.8, 4) is 5.75 Å². The topological polar surface area (TPSA) is 96.0 Å². The summed E-state index contributed by atoms with van der Waals surface area (Å²) in [6.45, 7) is 3.40. The molecule has 0 radical (unpaired) electrons. The molecule has 2 aromatic rings. The molecule has 32 heavy (non-hydrogen) atoms. The average molecular weight is 478 g/mol. The number of benzene rings is 2. The minimum absolute atomic E-state index is 0.000364. The molecule has 10 heteroatoms. The van der Waals surface area contributed by atoms with Gasteiger partial charge in [0.2, 0.25) is 11.8 Å². The number of nitrogens with one attached hydrogen (secondary N) is 1. The van der Waals surface area contributed by atoms with Crippen LogP contribution in [-0.2, 0) is 14.4 Å². The summed E-state index contributed by atoms with van der Waals surface area (Å²) in [6.07, 6.45) is -0.295. The van der Waals surface area contributed by atoms with E-state index in [0.29, 0.717) is 10.8 Å². The summed E-state index contributed by atoms with van der Waals surface area (Å²) in [6, 6.07) is 8.14. The highest BCUT2D eigenvalue weighted by Gasteiger charge is 2.46. The van der Waals surface area contributed by atoms with Crippen LogP contribution < -0.4 is 15.1 Å². The van der Waals surface area contributed by atoms with Crippen LogP contribution in [0.3, 0.4) is 0 Å². The number of anilines is 1. The second kappa shape index (κ2) is 9.58. The van der Waals surface area contributed by atoms with Crippen LogP contribution >= 0.6 is 23.2 Å². The lowest BCUT2D eigenvalue weighted by molar-refractivity contribution is -0.140. The molecule has 3 rings (SSSR count). The van der Waals surface area contributed by atoms with E-state index in [0.717, 1.165) is 15.5 Å². The lowest BCUT2D eigenvalue weighted by atomic mass is 10.2. The first-order valence-electron chi connectivity index (χ1n) is 9.77. The van der Waals surface area contributed by atoms with Gasteiger partial charge < -0.3 is 4.74 Å². The lowest BCUT2D eigenvalue weighted by Crippen LogP contribution is -2.54. The molecule has 4 amide bonds. The summed E-state index contributed by atoms with van der Waals surface area (Å²) < 4.78 is 5.30. The minimum atomic E-state index is -1.21. The van der Waals surface area contributed by atoms with Gasteiger partial charge in [-0.3, -0.25) is 24.6 Å². The number of aryl methyl sites for hydroxylation is 1. The summed E-state index contributed by atoms with van der Waals surface area (Å²) in [5.74, 6) is -2.07. The number of amides is 4. The van der Waals surface area contributed by atoms with Crippen molar-refractivity contribution in [2.75, 3.05) is 12.0 Å². The predicted octanol–water partition coefficient (Wildman–Crippen LogP) is 3.53. The number of hydrogen-bond donors (Lipinski definition) is 1. The molecule has 1 saturated heterocycles. The molecular weight excluding hydrogens is 457 g/mol. The molecule has 8 nitrogen and oxygen atoms in total. The van der Waals surface area contributed by atoms with Gasteiger partial charge in [0.15, 0.2) is 0 Å². The van der Waals surface area contributed by atoms with E-state index in [1.165, 1.54) is 25.3 Å². The van der Waals surface area contributed by atoms with E-state index in [1.54, 1.807) is 25.1 Å². The molecule has 1 aliphatic heterocycles. The van der Waals surface area contributed by atoms with Gasteiger partial charge in [-0.05, 0) is 42.8 Å². The molecular formula is C22H21Cl2N3O5. The Labute approximate surface area is 195 Å². The summed E-state index contributed by atoms with van der Waals surface area (Å²) >= 11 is 12.0. The van der Waals surface area contributed by atoms with Gasteiger partial charge in [-0.25, -0.2) is 9.91 Å². The summed E-state index contributed by atoms with van der Waals surface area (Å²) in [7, 11) is 1.43. The Morgan fingerprint density at radius 1 is 1.19 bits per heavy atom. The number of methoxy groups -OCH3 is 1. The van der Waals surface area contributed by atoms with Crippen LogP contribution in [0.25, 0.3) is 0 Å². The van der Waals surface area contributed by atoms with Gasteiger partial charge in [-0.1, -0.05) is 36.2 Å². The van der Waals surface area contributed by atoms with Crippen molar-refractivity contribution >= 4 is 52.5 Å². The number of hydrazine groups is 1. The third-order valence-electron chi connectivity index (χ3n) is 4.98. The highest BCUT2D eigenvalue weighted by atomic mass is 35.5. The molecule has 1 fully saturated rings. The maximum atomic E-state index is 13.2. The number of hydrogen-bond acceptors (Lipinski definition) is 5. The number of carbonyl (C=O) groups is 4. The zero-order chi connectivity index (χ0) is 23.6. The van der Waals surface area contributed by atoms with Gasteiger partial charge in [-0.15, -0.1) is 0 Å². The maximum absolute atomic E-state index is 13.2. The van der Waals surface area contributed by atoms with Gasteiger partial charge in [-0.2, -0.15) is 0 Å². The Balaban J connectivity index is 1.93. The van der Waals surface area contributed by atoms with Gasteiger partial charge in [0.1, 0.15) is 11.8 Å². The molecule has 1 aliphatic rings. The SMILES string of the molecule is CCC(=O)N(NC(=O)c1ccc(Cl)cc1Cl)C1CC(=O)N(c2cc(C)ccc2OC)C1=O. The highest BCUT2D eigenvalue weighted by molar-refractivity contribution is 6.36. The van der Waals surface area contributed by atoms with Crippen molar-refractivity contribution in [2.24, 2.45) is 0 Å². The number of halogens is 2. The second-order valence-corrected chi connectivity index (χ2v) is 7.99. The normalized spacial score (nSPS) is 15.7. The Morgan fingerprint density at radius 3 is 2.53 bits per heavy atom. The Hall–Kier alpha value is -3.10. The number of nitrogens with zero attached hydrogens (tertiary/aromatic N) is 2. The van der Waals surface area contributed by atoms with Crippen molar-refractivity contribution in [1.29, 1.82) is 0 Å². The summed E-state index contributed by atoms with van der Waals surface area (Å²) in [4.78, 5) is 52.4. The minimum Gasteiger partial charge on any atom is -0.495 e. The third-order valence-corrected chi connectivity index (χ3v) is 5.53. The van der Waals surface area contributed by atoms with Crippen molar-refractivity contribution in [1.82, 2.24) is 10.4 Å². The second-order valence-electron chi connectivity index (χ2n) is 7.15. The van der Waals surface area contributed by atoms with E-state index in [-0.39, 0.29) is 29.1 Å². The number of rotatable bonds is 5. The van der Waals surface area contributed by atoms with E-state index < -0.39 is 29.7 Å². The lowest BCUT2D eigenvalue weighted by Gasteiger charge is -2.28. The van der Waals surface area contributed by atoms with Crippen LogP contribution in [0.15, 0.2) is 36.4 Å². The maximum Gasteiger partial charge on any atom is 0.271 e. The molecule has 0 aromatic heterocycles. The summed E-state index contributed by atoms with van der Waals surface area (Å²) in [5, 5.41) is 1.32. The first-order chi connectivity index (χ1) is 15.2. The quantitative estimate of drug-likeness (QED) is 0.524. The predicted molar refractivity (Wildman–Crippen MR) is 120 cm³/mol. The standard InChI is InChI=1S/C22H21Cl2N3O5/c1-4-19(28)27(25-21(30)14-7-6-13(23)10-15(14)24)17-11-20(29)26(22(17)31)16-9-12(2)5-8-18(16)32-3/h5-10,17H,4,11H2,1-3H3,(H,25,30). The zero-order valence-corrected chi connectivity index (χ0v) is 19.2. The van der Waals surface area contributed by atoms with Crippen LogP contribution in [-0.4, -0.2) is 41.8 Å². The van der Waals surface area contributed by atoms with Crippen LogP contribution in [0.5, 0.6) is 5.75 Å². The molecule has 0 spiro atoms. The molecule has 168 valence electrons. The molecule has 0 aliphatic carbocycles. The van der Waals surface area contributed by atoms with Crippen molar-refractivity contribution in [3.63, 3.8) is 0 Å². The van der Waals surface area contributed by atoms with Crippen molar-refractivity contribution < 1.29 is 23.9 Å². The zero-order valence-electron chi connectivity index (χ0n) is 17.6. The Kier molecular flexibility index (Phi) is 7.06. The number of carbonyl (C=O) groups excluding carboxylic acids is 4.